The second kappa shape index (κ2) is 5.86. The fourth-order valence-electron chi connectivity index (χ4n) is 2.45. The van der Waals surface area contributed by atoms with Crippen LogP contribution < -0.4 is 0 Å². The molecule has 0 radical (unpaired) electrons. The molecule has 108 valence electrons. The Balaban J connectivity index is 1.85. The van der Waals surface area contributed by atoms with E-state index >= 15 is 0 Å². The van der Waals surface area contributed by atoms with Gasteiger partial charge < -0.3 is 4.90 Å². The van der Waals surface area contributed by atoms with Gasteiger partial charge in [0.25, 0.3) is 5.91 Å². The normalized spacial score (nSPS) is 14.0. The van der Waals surface area contributed by atoms with Crippen molar-refractivity contribution in [2.45, 2.75) is 32.4 Å². The summed E-state index contributed by atoms with van der Waals surface area (Å²) in [5.74, 6) is -0.0305. The maximum Gasteiger partial charge on any atom is 0.257 e. The average molecular weight is 301 g/mol. The van der Waals surface area contributed by atoms with Crippen molar-refractivity contribution in [3.05, 3.63) is 64.4 Å². The van der Waals surface area contributed by atoms with Crippen LogP contribution in [-0.2, 0) is 6.54 Å². The zero-order valence-corrected chi connectivity index (χ0v) is 12.7. The molecule has 0 atom stereocenters. The van der Waals surface area contributed by atoms with Crippen LogP contribution >= 0.6 is 11.6 Å². The molecule has 0 aliphatic heterocycles. The number of carbonyl (C=O) groups excluding carboxylic acids is 1. The summed E-state index contributed by atoms with van der Waals surface area (Å²) in [5, 5.41) is 0.463. The SMILES string of the molecule is Cc1cccc(CN(C(=O)c2cnccc2Cl)C2CC2)c1. The van der Waals surface area contributed by atoms with E-state index in [1.54, 1.807) is 18.5 Å². The Morgan fingerprint density at radius 1 is 1.38 bits per heavy atom. The molecule has 1 aromatic heterocycles. The lowest BCUT2D eigenvalue weighted by molar-refractivity contribution is 0.0729. The fraction of sp³-hybridized carbons (Fsp3) is 0.294. The summed E-state index contributed by atoms with van der Waals surface area (Å²) in [4.78, 5) is 18.7. The van der Waals surface area contributed by atoms with Gasteiger partial charge in [-0.3, -0.25) is 9.78 Å². The molecule has 4 heteroatoms. The lowest BCUT2D eigenvalue weighted by Gasteiger charge is -2.23. The number of rotatable bonds is 4. The number of pyridine rings is 1. The molecule has 1 saturated carbocycles. The van der Waals surface area contributed by atoms with E-state index in [9.17, 15) is 4.79 Å². The first-order chi connectivity index (χ1) is 10.1. The van der Waals surface area contributed by atoms with Gasteiger partial charge in [-0.1, -0.05) is 41.4 Å². The van der Waals surface area contributed by atoms with Crippen LogP contribution in [0.5, 0.6) is 0 Å². The van der Waals surface area contributed by atoms with E-state index in [0.29, 0.717) is 23.2 Å². The molecule has 1 fully saturated rings. The maximum atomic E-state index is 12.7. The number of aromatic nitrogens is 1. The standard InChI is InChI=1S/C17H17ClN2O/c1-12-3-2-4-13(9-12)11-20(14-5-6-14)17(21)15-10-19-8-7-16(15)18/h2-4,7-10,14H,5-6,11H2,1H3. The van der Waals surface area contributed by atoms with Crippen LogP contribution in [0.3, 0.4) is 0 Å². The zero-order valence-electron chi connectivity index (χ0n) is 11.9. The highest BCUT2D eigenvalue weighted by atomic mass is 35.5. The molecule has 3 rings (SSSR count). The van der Waals surface area contributed by atoms with Gasteiger partial charge in [0, 0.05) is 25.0 Å². The van der Waals surface area contributed by atoms with Crippen LogP contribution in [0, 0.1) is 6.92 Å². The molecule has 0 unspecified atom stereocenters. The maximum absolute atomic E-state index is 12.7. The van der Waals surface area contributed by atoms with Gasteiger partial charge in [0.1, 0.15) is 0 Å². The number of nitrogens with zero attached hydrogens (tertiary/aromatic N) is 2. The Morgan fingerprint density at radius 3 is 2.86 bits per heavy atom. The van der Waals surface area contributed by atoms with Crippen molar-refractivity contribution in [1.82, 2.24) is 9.88 Å². The van der Waals surface area contributed by atoms with Gasteiger partial charge in [-0.05, 0) is 31.4 Å². The van der Waals surface area contributed by atoms with Crippen molar-refractivity contribution in [3.63, 3.8) is 0 Å². The highest BCUT2D eigenvalue weighted by Gasteiger charge is 2.33. The van der Waals surface area contributed by atoms with Crippen molar-refractivity contribution >= 4 is 17.5 Å². The van der Waals surface area contributed by atoms with Gasteiger partial charge in [0.2, 0.25) is 0 Å². The first-order valence-electron chi connectivity index (χ1n) is 7.11. The molecular formula is C17H17ClN2O. The second-order valence-electron chi connectivity index (χ2n) is 5.51. The smallest absolute Gasteiger partial charge is 0.257 e. The molecule has 21 heavy (non-hydrogen) atoms. The van der Waals surface area contributed by atoms with E-state index < -0.39 is 0 Å². The number of carbonyl (C=O) groups is 1. The van der Waals surface area contributed by atoms with Crippen molar-refractivity contribution in [2.24, 2.45) is 0 Å². The summed E-state index contributed by atoms with van der Waals surface area (Å²) in [6.07, 6.45) is 5.28. The third kappa shape index (κ3) is 3.24. The molecule has 0 saturated heterocycles. The number of amides is 1. The van der Waals surface area contributed by atoms with Crippen LogP contribution in [0.15, 0.2) is 42.7 Å². The molecule has 0 bridgehead atoms. The highest BCUT2D eigenvalue weighted by molar-refractivity contribution is 6.33. The summed E-state index contributed by atoms with van der Waals surface area (Å²) in [6, 6.07) is 10.2. The minimum absolute atomic E-state index is 0.0305. The quantitative estimate of drug-likeness (QED) is 0.859. The Morgan fingerprint density at radius 2 is 2.19 bits per heavy atom. The lowest BCUT2D eigenvalue weighted by atomic mass is 10.1. The van der Waals surface area contributed by atoms with Crippen molar-refractivity contribution in [3.8, 4) is 0 Å². The summed E-state index contributed by atoms with van der Waals surface area (Å²) in [5.41, 5.74) is 2.84. The number of hydrogen-bond acceptors (Lipinski definition) is 2. The van der Waals surface area contributed by atoms with Gasteiger partial charge >= 0.3 is 0 Å². The van der Waals surface area contributed by atoms with Crippen molar-refractivity contribution < 1.29 is 4.79 Å². The zero-order chi connectivity index (χ0) is 14.8. The van der Waals surface area contributed by atoms with Crippen molar-refractivity contribution in [2.75, 3.05) is 0 Å². The van der Waals surface area contributed by atoms with Gasteiger partial charge in [-0.25, -0.2) is 0 Å². The van der Waals surface area contributed by atoms with Gasteiger partial charge in [0.05, 0.1) is 10.6 Å². The molecular weight excluding hydrogens is 284 g/mol. The highest BCUT2D eigenvalue weighted by Crippen LogP contribution is 2.31. The van der Waals surface area contributed by atoms with Crippen LogP contribution in [0.2, 0.25) is 5.02 Å². The Kier molecular flexibility index (Phi) is 3.93. The predicted molar refractivity (Wildman–Crippen MR) is 83.3 cm³/mol. The number of halogens is 1. The molecule has 1 amide bonds. The van der Waals surface area contributed by atoms with E-state index in [-0.39, 0.29) is 5.91 Å². The van der Waals surface area contributed by atoms with Crippen LogP contribution in [0.25, 0.3) is 0 Å². The molecule has 1 aliphatic rings. The summed E-state index contributed by atoms with van der Waals surface area (Å²) in [6.45, 7) is 2.68. The average Bonchev–Trinajstić information content (AvgIpc) is 3.29. The van der Waals surface area contributed by atoms with Crippen LogP contribution in [0.1, 0.15) is 34.3 Å². The van der Waals surface area contributed by atoms with Gasteiger partial charge in [0.15, 0.2) is 0 Å². The molecule has 0 spiro atoms. The topological polar surface area (TPSA) is 33.2 Å². The van der Waals surface area contributed by atoms with E-state index in [2.05, 4.69) is 30.1 Å². The van der Waals surface area contributed by atoms with Crippen LogP contribution in [0.4, 0.5) is 0 Å². The molecule has 3 nitrogen and oxygen atoms in total. The minimum atomic E-state index is -0.0305. The molecule has 2 aromatic rings. The van der Waals surface area contributed by atoms with E-state index in [4.69, 9.17) is 11.6 Å². The van der Waals surface area contributed by atoms with Gasteiger partial charge in [-0.2, -0.15) is 0 Å². The largest absolute Gasteiger partial charge is 0.331 e. The third-order valence-electron chi connectivity index (χ3n) is 3.68. The Labute approximate surface area is 129 Å². The monoisotopic (exact) mass is 300 g/mol. The second-order valence-corrected chi connectivity index (χ2v) is 5.92. The molecule has 1 aliphatic carbocycles. The molecule has 1 aromatic carbocycles. The number of aryl methyl sites for hydroxylation is 1. The third-order valence-corrected chi connectivity index (χ3v) is 4.01. The fourth-order valence-corrected chi connectivity index (χ4v) is 2.64. The first kappa shape index (κ1) is 14.1. The number of hydrogen-bond donors (Lipinski definition) is 0. The van der Waals surface area contributed by atoms with Crippen LogP contribution in [-0.4, -0.2) is 21.8 Å². The predicted octanol–water partition coefficient (Wildman–Crippen LogP) is 3.85. The number of benzene rings is 1. The summed E-state index contributed by atoms with van der Waals surface area (Å²) < 4.78 is 0. The Hall–Kier alpha value is -1.87. The minimum Gasteiger partial charge on any atom is -0.331 e. The lowest BCUT2D eigenvalue weighted by Crippen LogP contribution is -2.32. The van der Waals surface area contributed by atoms with Gasteiger partial charge in [-0.15, -0.1) is 0 Å². The molecule has 1 heterocycles. The first-order valence-corrected chi connectivity index (χ1v) is 7.49. The van der Waals surface area contributed by atoms with E-state index in [0.717, 1.165) is 18.4 Å². The summed E-state index contributed by atoms with van der Waals surface area (Å²) in [7, 11) is 0. The van der Waals surface area contributed by atoms with Crippen molar-refractivity contribution in [1.29, 1.82) is 0 Å². The summed E-state index contributed by atoms with van der Waals surface area (Å²) >= 11 is 6.13. The van der Waals surface area contributed by atoms with E-state index in [1.807, 2.05) is 11.0 Å². The molecule has 0 N–H and O–H groups in total. The van der Waals surface area contributed by atoms with E-state index in [1.165, 1.54) is 5.56 Å². The Bertz CT molecular complexity index is 667.